The number of amides is 1. The summed E-state index contributed by atoms with van der Waals surface area (Å²) in [5, 5.41) is 7.87. The zero-order valence-corrected chi connectivity index (χ0v) is 24.6. The van der Waals surface area contributed by atoms with E-state index < -0.39 is 31.5 Å². The van der Waals surface area contributed by atoms with Crippen LogP contribution in [0.5, 0.6) is 5.75 Å². The molecule has 0 fully saturated rings. The highest BCUT2D eigenvalue weighted by Gasteiger charge is 2.36. The highest BCUT2D eigenvalue weighted by atomic mass is 79.9. The number of aromatic nitrogens is 3. The molecule has 0 aliphatic rings. The molecule has 2 aromatic heterocycles. The standard InChI is InChI=1S/C25H27BrF3N6O4P/c1-5-39-40(37)14(2)6-7-15-8-9-17(19(12-15)38-4)33-24-31-13-16(25(27,28)29)22(35-24)32-18-10-11-20(26)34-21(18)23(36)30-3/h8-14H,5-7H2,1-4H3,(H2-,30,31,32,33,35,36)/p+1. The van der Waals surface area contributed by atoms with E-state index >= 15 is 0 Å². The molecule has 10 nitrogen and oxygen atoms in total. The molecule has 0 spiro atoms. The second-order valence-corrected chi connectivity index (χ2v) is 11.0. The van der Waals surface area contributed by atoms with E-state index in [0.29, 0.717) is 41.7 Å². The van der Waals surface area contributed by atoms with E-state index in [1.54, 1.807) is 19.1 Å². The number of nitrogens with one attached hydrogen (secondary N) is 3. The first-order valence-corrected chi connectivity index (χ1v) is 14.1. The Morgan fingerprint density at radius 3 is 2.52 bits per heavy atom. The van der Waals surface area contributed by atoms with Crippen molar-refractivity contribution in [3.8, 4) is 5.75 Å². The Balaban J connectivity index is 1.89. The summed E-state index contributed by atoms with van der Waals surface area (Å²) in [6.07, 6.45) is -2.89. The van der Waals surface area contributed by atoms with Crippen LogP contribution in [-0.4, -0.2) is 47.3 Å². The number of rotatable bonds is 12. The van der Waals surface area contributed by atoms with Gasteiger partial charge in [0.1, 0.15) is 21.7 Å². The van der Waals surface area contributed by atoms with Gasteiger partial charge in [0.15, 0.2) is 11.4 Å². The maximum atomic E-state index is 13.8. The molecule has 0 bridgehead atoms. The van der Waals surface area contributed by atoms with Crippen LogP contribution in [-0.2, 0) is 21.7 Å². The number of benzene rings is 1. The van der Waals surface area contributed by atoms with Crippen molar-refractivity contribution in [1.82, 2.24) is 20.3 Å². The van der Waals surface area contributed by atoms with Crippen molar-refractivity contribution in [2.45, 2.75) is 38.5 Å². The summed E-state index contributed by atoms with van der Waals surface area (Å²) in [6.45, 7) is 4.03. The minimum absolute atomic E-state index is 0.0138. The lowest BCUT2D eigenvalue weighted by Crippen LogP contribution is -2.21. The van der Waals surface area contributed by atoms with Crippen LogP contribution >= 0.6 is 24.0 Å². The molecule has 0 aliphatic carbocycles. The van der Waals surface area contributed by atoms with Gasteiger partial charge < -0.3 is 20.7 Å². The van der Waals surface area contributed by atoms with Crippen LogP contribution < -0.4 is 20.7 Å². The van der Waals surface area contributed by atoms with E-state index in [9.17, 15) is 22.5 Å². The van der Waals surface area contributed by atoms with Crippen LogP contribution in [0, 0.1) is 0 Å². The number of carbonyl (C=O) groups excluding carboxylic acids is 1. The first kappa shape index (κ1) is 31.2. The number of carbonyl (C=O) groups is 1. The quantitative estimate of drug-likeness (QED) is 0.148. The maximum absolute atomic E-state index is 13.8. The van der Waals surface area contributed by atoms with E-state index in [0.717, 1.165) is 5.56 Å². The Labute approximate surface area is 238 Å². The van der Waals surface area contributed by atoms with Crippen molar-refractivity contribution < 1.29 is 31.8 Å². The number of nitrogens with zero attached hydrogens (tertiary/aromatic N) is 3. The van der Waals surface area contributed by atoms with Crippen LogP contribution in [0.4, 0.5) is 36.3 Å². The molecule has 2 unspecified atom stereocenters. The Kier molecular flexibility index (Phi) is 10.8. The minimum Gasteiger partial charge on any atom is -0.495 e. The highest BCUT2D eigenvalue weighted by molar-refractivity contribution is 9.10. The zero-order chi connectivity index (χ0) is 29.4. The second-order valence-electron chi connectivity index (χ2n) is 8.44. The van der Waals surface area contributed by atoms with Crippen molar-refractivity contribution in [2.24, 2.45) is 0 Å². The molecule has 15 heteroatoms. The normalized spacial score (nSPS) is 12.4. The summed E-state index contributed by atoms with van der Waals surface area (Å²) < 4.78 is 64.4. The van der Waals surface area contributed by atoms with Crippen molar-refractivity contribution in [3.05, 3.63) is 58.0 Å². The van der Waals surface area contributed by atoms with Gasteiger partial charge in [0, 0.05) is 19.7 Å². The smallest absolute Gasteiger partial charge is 0.495 e. The predicted octanol–water partition coefficient (Wildman–Crippen LogP) is 6.61. The number of hydrogen-bond donors (Lipinski definition) is 3. The van der Waals surface area contributed by atoms with Gasteiger partial charge in [-0.25, -0.2) is 9.97 Å². The number of alkyl halides is 3. The molecule has 0 radical (unpaired) electrons. The molecule has 40 heavy (non-hydrogen) atoms. The third-order valence-electron chi connectivity index (χ3n) is 5.63. The molecule has 3 aromatic rings. The van der Waals surface area contributed by atoms with Gasteiger partial charge in [-0.2, -0.15) is 18.2 Å². The summed E-state index contributed by atoms with van der Waals surface area (Å²) in [5.41, 5.74) is -0.0489. The summed E-state index contributed by atoms with van der Waals surface area (Å²) in [4.78, 5) is 24.2. The average molecular weight is 644 g/mol. The molecular formula is C25H28BrF3N6O4P+. The Morgan fingerprint density at radius 1 is 1.15 bits per heavy atom. The second kappa shape index (κ2) is 13.8. The SMILES string of the molecule is CCO[P+](=O)C(C)CCc1ccc(Nc2ncc(C(F)(F)F)c(Nc3ccc(Br)nc3C(=O)NC)n2)c(OC)c1. The molecule has 1 aromatic carbocycles. The van der Waals surface area contributed by atoms with E-state index in [1.807, 2.05) is 13.0 Å². The Morgan fingerprint density at radius 2 is 1.88 bits per heavy atom. The minimum atomic E-state index is -4.78. The van der Waals surface area contributed by atoms with Gasteiger partial charge in [-0.3, -0.25) is 4.79 Å². The van der Waals surface area contributed by atoms with Gasteiger partial charge >= 0.3 is 14.2 Å². The number of halogens is 4. The maximum Gasteiger partial charge on any atom is 0.510 e. The van der Waals surface area contributed by atoms with Gasteiger partial charge in [0.2, 0.25) is 5.95 Å². The molecule has 0 saturated carbocycles. The molecule has 214 valence electrons. The number of methoxy groups -OCH3 is 1. The van der Waals surface area contributed by atoms with E-state index in [4.69, 9.17) is 9.26 Å². The lowest BCUT2D eigenvalue weighted by molar-refractivity contribution is -0.137. The third kappa shape index (κ3) is 8.09. The molecule has 2 atom stereocenters. The lowest BCUT2D eigenvalue weighted by Gasteiger charge is -2.17. The Hall–Kier alpha value is -3.35. The first-order valence-electron chi connectivity index (χ1n) is 12.1. The topological polar surface area (TPSA) is 127 Å². The monoisotopic (exact) mass is 643 g/mol. The predicted molar refractivity (Wildman–Crippen MR) is 149 cm³/mol. The molecule has 0 aliphatic heterocycles. The van der Waals surface area contributed by atoms with Gasteiger partial charge in [-0.1, -0.05) is 6.07 Å². The Bertz CT molecular complexity index is 1380. The first-order chi connectivity index (χ1) is 19.0. The molecule has 3 N–H and O–H groups in total. The fraction of sp³-hybridized carbons (Fsp3) is 0.360. The third-order valence-corrected chi connectivity index (χ3v) is 7.56. The molecule has 3 rings (SSSR count). The number of hydrogen-bond acceptors (Lipinski definition) is 9. The lowest BCUT2D eigenvalue weighted by atomic mass is 10.1. The van der Waals surface area contributed by atoms with Crippen molar-refractivity contribution in [3.63, 3.8) is 0 Å². The molecule has 2 heterocycles. The van der Waals surface area contributed by atoms with Gasteiger partial charge in [-0.15, -0.1) is 4.52 Å². The molecular weight excluding hydrogens is 616 g/mol. The summed E-state index contributed by atoms with van der Waals surface area (Å²) in [5.74, 6) is -0.909. The molecule has 1 amide bonds. The number of aryl methyl sites for hydroxylation is 1. The van der Waals surface area contributed by atoms with Gasteiger partial charge in [0.25, 0.3) is 5.91 Å². The van der Waals surface area contributed by atoms with Crippen LogP contribution in [0.2, 0.25) is 0 Å². The zero-order valence-electron chi connectivity index (χ0n) is 22.1. The fourth-order valence-electron chi connectivity index (χ4n) is 3.55. The van der Waals surface area contributed by atoms with E-state index in [2.05, 4.69) is 46.8 Å². The van der Waals surface area contributed by atoms with Gasteiger partial charge in [-0.05, 0) is 70.6 Å². The summed E-state index contributed by atoms with van der Waals surface area (Å²) in [7, 11) is 1.08. The van der Waals surface area contributed by atoms with E-state index in [1.165, 1.54) is 26.3 Å². The molecule has 0 saturated heterocycles. The highest BCUT2D eigenvalue weighted by Crippen LogP contribution is 2.37. The van der Waals surface area contributed by atoms with Crippen LogP contribution in [0.1, 0.15) is 41.9 Å². The summed E-state index contributed by atoms with van der Waals surface area (Å²) in [6, 6.07) is 8.17. The largest absolute Gasteiger partial charge is 0.510 e. The van der Waals surface area contributed by atoms with Crippen molar-refractivity contribution >= 4 is 53.0 Å². The van der Waals surface area contributed by atoms with Crippen LogP contribution in [0.3, 0.4) is 0 Å². The van der Waals surface area contributed by atoms with Gasteiger partial charge in [0.05, 0.1) is 25.1 Å². The number of pyridine rings is 1. The van der Waals surface area contributed by atoms with Crippen molar-refractivity contribution in [1.29, 1.82) is 0 Å². The average Bonchev–Trinajstić information content (AvgIpc) is 2.92. The number of anilines is 4. The van der Waals surface area contributed by atoms with E-state index in [-0.39, 0.29) is 23.0 Å². The fourth-order valence-corrected chi connectivity index (χ4v) is 4.71. The van der Waals surface area contributed by atoms with Crippen LogP contribution in [0.15, 0.2) is 41.1 Å². The summed E-state index contributed by atoms with van der Waals surface area (Å²) >= 11 is 3.16. The van der Waals surface area contributed by atoms with Crippen molar-refractivity contribution in [2.75, 3.05) is 31.4 Å². The number of ether oxygens (including phenoxy) is 1. The van der Waals surface area contributed by atoms with Crippen LogP contribution in [0.25, 0.3) is 0 Å².